The van der Waals surface area contributed by atoms with Gasteiger partial charge < -0.3 is 10.3 Å². The summed E-state index contributed by atoms with van der Waals surface area (Å²) in [4.78, 5) is 15.3. The number of anilines is 1. The van der Waals surface area contributed by atoms with E-state index in [0.717, 1.165) is 33.0 Å². The second kappa shape index (κ2) is 7.09. The molecule has 0 fully saturated rings. The number of ketones is 1. The minimum Gasteiger partial charge on any atom is -0.362 e. The quantitative estimate of drug-likeness (QED) is 0.602. The third-order valence-corrected chi connectivity index (χ3v) is 4.86. The number of aromatic amines is 1. The van der Waals surface area contributed by atoms with Crippen molar-refractivity contribution in [2.75, 3.05) is 17.6 Å². The monoisotopic (exact) mass is 324 g/mol. The lowest BCUT2D eigenvalue weighted by molar-refractivity contribution is 0.102. The minimum absolute atomic E-state index is 0.119. The number of H-pyrrole nitrogens is 1. The molecular formula is C14H20N4OS2. The smallest absolute Gasteiger partial charge is 0.206 e. The molecule has 21 heavy (non-hydrogen) atoms. The lowest BCUT2D eigenvalue weighted by Gasteiger charge is -2.03. The SMILES string of the molecule is Cc1cc(C(=O)CSc2nnc(NCC(C)C)s2)c(C)[nH]1. The maximum Gasteiger partial charge on any atom is 0.206 e. The second-order valence-corrected chi connectivity index (χ2v) is 7.55. The zero-order valence-electron chi connectivity index (χ0n) is 12.7. The van der Waals surface area contributed by atoms with Crippen molar-refractivity contribution in [1.82, 2.24) is 15.2 Å². The predicted molar refractivity (Wildman–Crippen MR) is 88.6 cm³/mol. The first-order valence-corrected chi connectivity index (χ1v) is 8.65. The van der Waals surface area contributed by atoms with Crippen molar-refractivity contribution in [3.63, 3.8) is 0 Å². The van der Waals surface area contributed by atoms with E-state index in [1.807, 2.05) is 19.9 Å². The lowest BCUT2D eigenvalue weighted by atomic mass is 10.2. The molecule has 2 heterocycles. The summed E-state index contributed by atoms with van der Waals surface area (Å²) in [5.41, 5.74) is 2.70. The fraction of sp³-hybridized carbons (Fsp3) is 0.500. The summed E-state index contributed by atoms with van der Waals surface area (Å²) in [6.07, 6.45) is 0. The first-order valence-electron chi connectivity index (χ1n) is 6.85. The zero-order chi connectivity index (χ0) is 15.4. The van der Waals surface area contributed by atoms with E-state index in [-0.39, 0.29) is 5.78 Å². The molecule has 0 saturated heterocycles. The van der Waals surface area contributed by atoms with Crippen LogP contribution in [0.1, 0.15) is 35.6 Å². The minimum atomic E-state index is 0.119. The molecule has 0 atom stereocenters. The Morgan fingerprint density at radius 3 is 2.81 bits per heavy atom. The van der Waals surface area contributed by atoms with Crippen LogP contribution in [0.3, 0.4) is 0 Å². The van der Waals surface area contributed by atoms with E-state index >= 15 is 0 Å². The fourth-order valence-corrected chi connectivity index (χ4v) is 3.49. The normalized spacial score (nSPS) is 11.1. The summed E-state index contributed by atoms with van der Waals surface area (Å²) in [7, 11) is 0. The highest BCUT2D eigenvalue weighted by Gasteiger charge is 2.13. The molecule has 5 nitrogen and oxygen atoms in total. The van der Waals surface area contributed by atoms with Crippen LogP contribution in [-0.2, 0) is 0 Å². The van der Waals surface area contributed by atoms with Crippen molar-refractivity contribution >= 4 is 34.0 Å². The van der Waals surface area contributed by atoms with Gasteiger partial charge in [-0.05, 0) is 25.8 Å². The standard InChI is InChI=1S/C14H20N4OS2/c1-8(2)6-15-13-17-18-14(21-13)20-7-12(19)11-5-9(3)16-10(11)4/h5,8,16H,6-7H2,1-4H3,(H,15,17). The number of nitrogens with one attached hydrogen (secondary N) is 2. The van der Waals surface area contributed by atoms with E-state index in [0.29, 0.717) is 11.7 Å². The van der Waals surface area contributed by atoms with Crippen LogP contribution in [0.2, 0.25) is 0 Å². The Bertz CT molecular complexity index is 618. The fourth-order valence-electron chi connectivity index (χ4n) is 1.85. The maximum absolute atomic E-state index is 12.2. The highest BCUT2D eigenvalue weighted by Crippen LogP contribution is 2.26. The number of nitrogens with zero attached hydrogens (tertiary/aromatic N) is 2. The van der Waals surface area contributed by atoms with Crippen LogP contribution in [-0.4, -0.2) is 33.3 Å². The Labute approximate surface area is 132 Å². The number of aromatic nitrogens is 3. The van der Waals surface area contributed by atoms with Gasteiger partial charge in [0, 0.05) is 23.5 Å². The highest BCUT2D eigenvalue weighted by molar-refractivity contribution is 8.01. The van der Waals surface area contributed by atoms with Crippen molar-refractivity contribution in [1.29, 1.82) is 0 Å². The first kappa shape index (κ1) is 16.0. The molecule has 2 rings (SSSR count). The van der Waals surface area contributed by atoms with E-state index in [1.165, 1.54) is 23.1 Å². The number of carbonyl (C=O) groups is 1. The molecule has 2 aromatic heterocycles. The number of carbonyl (C=O) groups excluding carboxylic acids is 1. The van der Waals surface area contributed by atoms with Gasteiger partial charge in [0.25, 0.3) is 0 Å². The maximum atomic E-state index is 12.2. The van der Waals surface area contributed by atoms with Crippen molar-refractivity contribution in [3.05, 3.63) is 23.0 Å². The number of hydrogen-bond acceptors (Lipinski definition) is 6. The van der Waals surface area contributed by atoms with Gasteiger partial charge in [-0.2, -0.15) is 0 Å². The highest BCUT2D eigenvalue weighted by atomic mass is 32.2. The van der Waals surface area contributed by atoms with Gasteiger partial charge in [0.1, 0.15) is 0 Å². The van der Waals surface area contributed by atoms with Gasteiger partial charge in [-0.3, -0.25) is 4.79 Å². The van der Waals surface area contributed by atoms with Gasteiger partial charge in [-0.15, -0.1) is 10.2 Å². The van der Waals surface area contributed by atoms with Gasteiger partial charge in [0.2, 0.25) is 5.13 Å². The number of aryl methyl sites for hydroxylation is 2. The molecule has 0 amide bonds. The Balaban J connectivity index is 1.88. The average Bonchev–Trinajstić information content (AvgIpc) is 3.00. The molecule has 2 aromatic rings. The molecule has 0 aromatic carbocycles. The molecule has 0 aliphatic rings. The van der Waals surface area contributed by atoms with Crippen LogP contribution in [0.5, 0.6) is 0 Å². The summed E-state index contributed by atoms with van der Waals surface area (Å²) in [6.45, 7) is 9.03. The molecule has 2 N–H and O–H groups in total. The van der Waals surface area contributed by atoms with Crippen molar-refractivity contribution < 1.29 is 4.79 Å². The Hall–Kier alpha value is -1.34. The van der Waals surface area contributed by atoms with Gasteiger partial charge in [-0.25, -0.2) is 0 Å². The number of hydrogen-bond donors (Lipinski definition) is 2. The molecule has 0 bridgehead atoms. The van der Waals surface area contributed by atoms with Gasteiger partial charge in [-0.1, -0.05) is 36.9 Å². The van der Waals surface area contributed by atoms with Crippen LogP contribution >= 0.6 is 23.1 Å². The number of Topliss-reactive ketones (excluding diaryl/α,β-unsaturated/α-hetero) is 1. The van der Waals surface area contributed by atoms with Crippen LogP contribution in [0.4, 0.5) is 5.13 Å². The Kier molecular flexibility index (Phi) is 5.41. The van der Waals surface area contributed by atoms with E-state index in [1.54, 1.807) is 0 Å². The third-order valence-electron chi connectivity index (χ3n) is 2.84. The molecule has 0 unspecified atom stereocenters. The van der Waals surface area contributed by atoms with Crippen LogP contribution < -0.4 is 5.32 Å². The largest absolute Gasteiger partial charge is 0.362 e. The molecule has 114 valence electrons. The predicted octanol–water partition coefficient (Wildman–Crippen LogP) is 3.53. The molecule has 0 aliphatic heterocycles. The van der Waals surface area contributed by atoms with Crippen LogP contribution in [0, 0.1) is 19.8 Å². The van der Waals surface area contributed by atoms with E-state index in [2.05, 4.69) is 34.3 Å². The van der Waals surface area contributed by atoms with Crippen molar-refractivity contribution in [2.24, 2.45) is 5.92 Å². The molecule has 0 aliphatic carbocycles. The average molecular weight is 324 g/mol. The van der Waals surface area contributed by atoms with E-state index in [9.17, 15) is 4.79 Å². The molecule has 0 saturated carbocycles. The lowest BCUT2D eigenvalue weighted by Crippen LogP contribution is -2.07. The summed E-state index contributed by atoms with van der Waals surface area (Å²) < 4.78 is 0.819. The number of thioether (sulfide) groups is 1. The molecular weight excluding hydrogens is 304 g/mol. The van der Waals surface area contributed by atoms with Gasteiger partial charge in [0.15, 0.2) is 10.1 Å². The zero-order valence-corrected chi connectivity index (χ0v) is 14.3. The first-order chi connectivity index (χ1) is 9.95. The number of rotatable bonds is 7. The molecule has 0 spiro atoms. The Morgan fingerprint density at radius 2 is 2.19 bits per heavy atom. The molecule has 7 heteroatoms. The molecule has 0 radical (unpaired) electrons. The topological polar surface area (TPSA) is 70.7 Å². The summed E-state index contributed by atoms with van der Waals surface area (Å²) >= 11 is 2.93. The van der Waals surface area contributed by atoms with Crippen molar-refractivity contribution in [3.8, 4) is 0 Å². The van der Waals surface area contributed by atoms with E-state index < -0.39 is 0 Å². The van der Waals surface area contributed by atoms with Gasteiger partial charge >= 0.3 is 0 Å². The summed E-state index contributed by atoms with van der Waals surface area (Å²) in [5, 5.41) is 12.2. The van der Waals surface area contributed by atoms with Gasteiger partial charge in [0.05, 0.1) is 5.75 Å². The van der Waals surface area contributed by atoms with E-state index in [4.69, 9.17) is 0 Å². The third kappa shape index (κ3) is 4.57. The summed E-state index contributed by atoms with van der Waals surface area (Å²) in [6, 6.07) is 1.90. The second-order valence-electron chi connectivity index (χ2n) is 5.35. The van der Waals surface area contributed by atoms with Crippen LogP contribution in [0.15, 0.2) is 10.4 Å². The Morgan fingerprint density at radius 1 is 1.43 bits per heavy atom. The van der Waals surface area contributed by atoms with Crippen LogP contribution in [0.25, 0.3) is 0 Å². The van der Waals surface area contributed by atoms with Crippen molar-refractivity contribution in [2.45, 2.75) is 32.0 Å². The summed E-state index contributed by atoms with van der Waals surface area (Å²) in [5.74, 6) is 1.07.